The lowest BCUT2D eigenvalue weighted by Gasteiger charge is -2.07. The molecule has 142 valence electrons. The van der Waals surface area contributed by atoms with E-state index in [1.54, 1.807) is 12.1 Å². The standard InChI is InChI=1S/C26H24F2/c1-3-5-6-20-7-9-21(10-8-20)13-16-23-17-18-24(26(28)25(23)27)22-14-11-19(4-2)12-15-22/h7-12,14-15,17-18H,3-6H2,1-2H3. The van der Waals surface area contributed by atoms with Crippen molar-refractivity contribution < 1.29 is 8.78 Å². The van der Waals surface area contributed by atoms with Crippen LogP contribution in [0, 0.1) is 23.5 Å². The summed E-state index contributed by atoms with van der Waals surface area (Å²) in [5, 5.41) is 0. The van der Waals surface area contributed by atoms with Gasteiger partial charge < -0.3 is 0 Å². The Bertz CT molecular complexity index is 988. The molecule has 0 amide bonds. The number of hydrogen-bond donors (Lipinski definition) is 0. The van der Waals surface area contributed by atoms with Gasteiger partial charge >= 0.3 is 0 Å². The van der Waals surface area contributed by atoms with Crippen LogP contribution in [0.1, 0.15) is 48.9 Å². The third kappa shape index (κ3) is 4.67. The minimum atomic E-state index is -0.899. The second-order valence-electron chi connectivity index (χ2n) is 6.89. The molecule has 0 atom stereocenters. The predicted molar refractivity (Wildman–Crippen MR) is 112 cm³/mol. The highest BCUT2D eigenvalue weighted by Crippen LogP contribution is 2.26. The highest BCUT2D eigenvalue weighted by atomic mass is 19.2. The van der Waals surface area contributed by atoms with Crippen molar-refractivity contribution in [2.24, 2.45) is 0 Å². The number of rotatable bonds is 5. The zero-order valence-electron chi connectivity index (χ0n) is 16.4. The minimum absolute atomic E-state index is 0.0708. The Morgan fingerprint density at radius 2 is 1.39 bits per heavy atom. The number of unbranched alkanes of at least 4 members (excludes halogenated alkanes) is 1. The quantitative estimate of drug-likeness (QED) is 0.425. The molecule has 0 fully saturated rings. The van der Waals surface area contributed by atoms with Gasteiger partial charge in [0.2, 0.25) is 0 Å². The number of benzene rings is 3. The van der Waals surface area contributed by atoms with Crippen molar-refractivity contribution in [2.75, 3.05) is 0 Å². The van der Waals surface area contributed by atoms with E-state index in [0.29, 0.717) is 5.56 Å². The average Bonchev–Trinajstić information content (AvgIpc) is 2.74. The summed E-state index contributed by atoms with van der Waals surface area (Å²) in [4.78, 5) is 0. The summed E-state index contributed by atoms with van der Waals surface area (Å²) in [6, 6.07) is 18.6. The smallest absolute Gasteiger partial charge is 0.175 e. The molecular formula is C26H24F2. The van der Waals surface area contributed by atoms with E-state index < -0.39 is 11.6 Å². The Morgan fingerprint density at radius 3 is 2.04 bits per heavy atom. The third-order valence-electron chi connectivity index (χ3n) is 4.87. The summed E-state index contributed by atoms with van der Waals surface area (Å²) < 4.78 is 29.1. The van der Waals surface area contributed by atoms with Gasteiger partial charge in [-0.05, 0) is 60.2 Å². The van der Waals surface area contributed by atoms with Gasteiger partial charge in [0.1, 0.15) is 0 Å². The summed E-state index contributed by atoms with van der Waals surface area (Å²) in [7, 11) is 0. The predicted octanol–water partition coefficient (Wildman–Crippen LogP) is 6.94. The van der Waals surface area contributed by atoms with E-state index in [1.165, 1.54) is 5.56 Å². The fourth-order valence-corrected chi connectivity index (χ4v) is 3.06. The van der Waals surface area contributed by atoms with Gasteiger partial charge in [-0.1, -0.05) is 68.5 Å². The molecular weight excluding hydrogens is 350 g/mol. The maximum Gasteiger partial charge on any atom is 0.175 e. The Labute approximate surface area is 166 Å². The number of hydrogen-bond acceptors (Lipinski definition) is 0. The molecule has 2 heteroatoms. The monoisotopic (exact) mass is 374 g/mol. The lowest BCUT2D eigenvalue weighted by atomic mass is 10.0. The molecule has 0 aromatic heterocycles. The van der Waals surface area contributed by atoms with Gasteiger partial charge in [0.25, 0.3) is 0 Å². The van der Waals surface area contributed by atoms with Gasteiger partial charge in [0, 0.05) is 11.1 Å². The number of halogens is 2. The molecule has 3 aromatic rings. The SMILES string of the molecule is CCCCc1ccc(C#Cc2ccc(-c3ccc(CC)cc3)c(F)c2F)cc1. The molecule has 3 rings (SSSR count). The zero-order valence-corrected chi connectivity index (χ0v) is 16.4. The maximum atomic E-state index is 14.6. The van der Waals surface area contributed by atoms with Crippen molar-refractivity contribution in [1.29, 1.82) is 0 Å². The molecule has 0 aliphatic carbocycles. The Hall–Kier alpha value is -2.92. The summed E-state index contributed by atoms with van der Waals surface area (Å²) in [5.74, 6) is 3.94. The van der Waals surface area contributed by atoms with Crippen LogP contribution >= 0.6 is 0 Å². The average molecular weight is 374 g/mol. The van der Waals surface area contributed by atoms with Crippen LogP contribution in [0.2, 0.25) is 0 Å². The first-order chi connectivity index (χ1) is 13.6. The molecule has 0 bridgehead atoms. The highest BCUT2D eigenvalue weighted by Gasteiger charge is 2.13. The fraction of sp³-hybridized carbons (Fsp3) is 0.231. The van der Waals surface area contributed by atoms with Crippen molar-refractivity contribution in [3.8, 4) is 23.0 Å². The molecule has 0 heterocycles. The maximum absolute atomic E-state index is 14.6. The van der Waals surface area contributed by atoms with Crippen LogP contribution in [0.3, 0.4) is 0 Å². The molecule has 0 radical (unpaired) electrons. The molecule has 3 aromatic carbocycles. The second-order valence-corrected chi connectivity index (χ2v) is 6.89. The van der Waals surface area contributed by atoms with Crippen molar-refractivity contribution in [1.82, 2.24) is 0 Å². The van der Waals surface area contributed by atoms with Crippen LogP contribution in [0.15, 0.2) is 60.7 Å². The minimum Gasteiger partial charge on any atom is -0.203 e. The summed E-state index contributed by atoms with van der Waals surface area (Å²) >= 11 is 0. The van der Waals surface area contributed by atoms with Gasteiger partial charge in [0.05, 0.1) is 5.56 Å². The van der Waals surface area contributed by atoms with Gasteiger partial charge in [-0.25, -0.2) is 8.78 Å². The molecule has 0 nitrogen and oxygen atoms in total. The van der Waals surface area contributed by atoms with Crippen LogP contribution in [0.25, 0.3) is 11.1 Å². The second kappa shape index (κ2) is 9.33. The van der Waals surface area contributed by atoms with Crippen molar-refractivity contribution in [3.05, 3.63) is 94.6 Å². The summed E-state index contributed by atoms with van der Waals surface area (Å²) in [6.07, 6.45) is 4.27. The van der Waals surface area contributed by atoms with Crippen LogP contribution in [-0.2, 0) is 12.8 Å². The third-order valence-corrected chi connectivity index (χ3v) is 4.87. The van der Waals surface area contributed by atoms with Gasteiger partial charge in [0.15, 0.2) is 11.6 Å². The van der Waals surface area contributed by atoms with Crippen molar-refractivity contribution in [3.63, 3.8) is 0 Å². The topological polar surface area (TPSA) is 0 Å². The van der Waals surface area contributed by atoms with Crippen LogP contribution < -0.4 is 0 Å². The van der Waals surface area contributed by atoms with E-state index in [-0.39, 0.29) is 11.1 Å². The highest BCUT2D eigenvalue weighted by molar-refractivity contribution is 5.66. The molecule has 0 saturated carbocycles. The first kappa shape index (κ1) is 19.8. The fourth-order valence-electron chi connectivity index (χ4n) is 3.06. The van der Waals surface area contributed by atoms with E-state index in [4.69, 9.17) is 0 Å². The zero-order chi connectivity index (χ0) is 19.9. The van der Waals surface area contributed by atoms with Gasteiger partial charge in [-0.15, -0.1) is 0 Å². The molecule has 0 N–H and O–H groups in total. The van der Waals surface area contributed by atoms with E-state index in [1.807, 2.05) is 48.5 Å². The normalized spacial score (nSPS) is 10.4. The van der Waals surface area contributed by atoms with Crippen molar-refractivity contribution in [2.45, 2.75) is 39.5 Å². The summed E-state index contributed by atoms with van der Waals surface area (Å²) in [6.45, 7) is 4.22. The van der Waals surface area contributed by atoms with Gasteiger partial charge in [-0.3, -0.25) is 0 Å². The van der Waals surface area contributed by atoms with Crippen LogP contribution in [0.4, 0.5) is 8.78 Å². The molecule has 0 aliphatic heterocycles. The van der Waals surface area contributed by atoms with Gasteiger partial charge in [-0.2, -0.15) is 0 Å². The Kier molecular flexibility index (Phi) is 6.61. The lowest BCUT2D eigenvalue weighted by Crippen LogP contribution is -1.94. The van der Waals surface area contributed by atoms with Crippen LogP contribution in [-0.4, -0.2) is 0 Å². The molecule has 0 aliphatic rings. The Morgan fingerprint density at radius 1 is 0.714 bits per heavy atom. The molecule has 0 saturated heterocycles. The number of aryl methyl sites for hydroxylation is 2. The largest absolute Gasteiger partial charge is 0.203 e. The van der Waals surface area contributed by atoms with E-state index >= 15 is 0 Å². The molecule has 0 spiro atoms. The van der Waals surface area contributed by atoms with Crippen molar-refractivity contribution >= 4 is 0 Å². The first-order valence-corrected chi connectivity index (χ1v) is 9.80. The first-order valence-electron chi connectivity index (χ1n) is 9.80. The summed E-state index contributed by atoms with van der Waals surface area (Å²) in [5.41, 5.74) is 4.21. The molecule has 0 unspecified atom stereocenters. The van der Waals surface area contributed by atoms with E-state index in [2.05, 4.69) is 25.7 Å². The molecule has 28 heavy (non-hydrogen) atoms. The van der Waals surface area contributed by atoms with Crippen LogP contribution in [0.5, 0.6) is 0 Å². The van der Waals surface area contributed by atoms with E-state index in [9.17, 15) is 8.78 Å². The Balaban J connectivity index is 1.82. The van der Waals surface area contributed by atoms with E-state index in [0.717, 1.165) is 36.8 Å². The lowest BCUT2D eigenvalue weighted by molar-refractivity contribution is 0.509.